The highest BCUT2D eigenvalue weighted by Gasteiger charge is 2.46. The van der Waals surface area contributed by atoms with Crippen LogP contribution in [0.4, 0.5) is 0 Å². The molecule has 2 aliphatic rings. The summed E-state index contributed by atoms with van der Waals surface area (Å²) in [6.45, 7) is 9.15. The molecule has 2 fully saturated rings. The third kappa shape index (κ3) is 2.96. The van der Waals surface area contributed by atoms with Gasteiger partial charge in [-0.15, -0.1) is 0 Å². The van der Waals surface area contributed by atoms with Gasteiger partial charge >= 0.3 is 0 Å². The molecule has 1 heterocycles. The number of hydrogen-bond acceptors (Lipinski definition) is 2. The molecule has 3 nitrogen and oxygen atoms in total. The monoisotopic (exact) mass is 266 g/mol. The summed E-state index contributed by atoms with van der Waals surface area (Å²) < 4.78 is 0. The van der Waals surface area contributed by atoms with Crippen LogP contribution in [-0.2, 0) is 4.79 Å². The van der Waals surface area contributed by atoms with Gasteiger partial charge in [0.15, 0.2) is 0 Å². The summed E-state index contributed by atoms with van der Waals surface area (Å²) in [7, 11) is 0. The number of hydrogen-bond donors (Lipinski definition) is 1. The molecule has 1 aliphatic heterocycles. The molecular formula is C16H30N2O. The van der Waals surface area contributed by atoms with Crippen LogP contribution in [0, 0.1) is 16.7 Å². The number of nitrogens with zero attached hydrogens (tertiary/aromatic N) is 1. The lowest BCUT2D eigenvalue weighted by molar-refractivity contribution is -0.142. The largest absolute Gasteiger partial charge is 0.342 e. The Bertz CT molecular complexity index is 334. The van der Waals surface area contributed by atoms with Crippen molar-refractivity contribution in [2.24, 2.45) is 22.5 Å². The Labute approximate surface area is 117 Å². The molecule has 1 aliphatic carbocycles. The molecule has 1 unspecified atom stereocenters. The lowest BCUT2D eigenvalue weighted by Crippen LogP contribution is -2.43. The highest BCUT2D eigenvalue weighted by molar-refractivity contribution is 5.83. The molecule has 1 atom stereocenters. The second-order valence-electron chi connectivity index (χ2n) is 7.58. The number of carbonyl (C=O) groups is 1. The van der Waals surface area contributed by atoms with E-state index < -0.39 is 0 Å². The van der Waals surface area contributed by atoms with Gasteiger partial charge in [0.05, 0.1) is 0 Å². The summed E-state index contributed by atoms with van der Waals surface area (Å²) >= 11 is 0. The average Bonchev–Trinajstić information content (AvgIpc) is 2.96. The van der Waals surface area contributed by atoms with E-state index in [1.807, 2.05) is 0 Å². The molecule has 0 aromatic carbocycles. The minimum absolute atomic E-state index is 0.0476. The minimum atomic E-state index is -0.0476. The van der Waals surface area contributed by atoms with E-state index in [-0.39, 0.29) is 10.8 Å². The Morgan fingerprint density at radius 3 is 2.37 bits per heavy atom. The van der Waals surface area contributed by atoms with Crippen LogP contribution in [0.3, 0.4) is 0 Å². The van der Waals surface area contributed by atoms with Gasteiger partial charge in [-0.1, -0.05) is 33.6 Å². The number of likely N-dealkylation sites (tertiary alicyclic amines) is 1. The van der Waals surface area contributed by atoms with Crippen molar-refractivity contribution in [1.82, 2.24) is 4.90 Å². The fourth-order valence-corrected chi connectivity index (χ4v) is 4.04. The van der Waals surface area contributed by atoms with Crippen LogP contribution < -0.4 is 5.73 Å². The Hall–Kier alpha value is -0.570. The van der Waals surface area contributed by atoms with Gasteiger partial charge in [0.2, 0.25) is 5.91 Å². The first-order chi connectivity index (χ1) is 8.91. The maximum absolute atomic E-state index is 13.0. The standard InChI is InChI=1S/C16H30N2O/c1-13(2)10-16(6-4-5-7-16)14(19)18-9-8-15(3,11-17)12-18/h13H,4-12,17H2,1-3H3. The van der Waals surface area contributed by atoms with E-state index in [0.717, 1.165) is 38.8 Å². The predicted octanol–water partition coefficient (Wildman–Crippen LogP) is 2.79. The minimum Gasteiger partial charge on any atom is -0.342 e. The Kier molecular flexibility index (Phi) is 4.24. The molecule has 0 aromatic rings. The zero-order chi connectivity index (χ0) is 14.1. The maximum Gasteiger partial charge on any atom is 0.228 e. The Morgan fingerprint density at radius 2 is 1.89 bits per heavy atom. The molecular weight excluding hydrogens is 236 g/mol. The molecule has 2 N–H and O–H groups in total. The average molecular weight is 266 g/mol. The number of rotatable bonds is 4. The second kappa shape index (κ2) is 5.43. The fraction of sp³-hybridized carbons (Fsp3) is 0.938. The van der Waals surface area contributed by atoms with Crippen molar-refractivity contribution in [3.8, 4) is 0 Å². The van der Waals surface area contributed by atoms with Gasteiger partial charge in [-0.2, -0.15) is 0 Å². The number of carbonyl (C=O) groups excluding carboxylic acids is 1. The van der Waals surface area contributed by atoms with Gasteiger partial charge < -0.3 is 10.6 Å². The van der Waals surface area contributed by atoms with E-state index in [0.29, 0.717) is 18.4 Å². The molecule has 1 saturated carbocycles. The van der Waals surface area contributed by atoms with E-state index in [1.54, 1.807) is 0 Å². The molecule has 1 amide bonds. The summed E-state index contributed by atoms with van der Waals surface area (Å²) in [5.74, 6) is 1.03. The van der Waals surface area contributed by atoms with Crippen molar-refractivity contribution in [2.45, 2.75) is 59.3 Å². The van der Waals surface area contributed by atoms with Crippen molar-refractivity contribution < 1.29 is 4.79 Å². The first-order valence-electron chi connectivity index (χ1n) is 7.90. The van der Waals surface area contributed by atoms with Crippen molar-refractivity contribution >= 4 is 5.91 Å². The van der Waals surface area contributed by atoms with Crippen molar-refractivity contribution in [1.29, 1.82) is 0 Å². The van der Waals surface area contributed by atoms with Crippen LogP contribution in [0.15, 0.2) is 0 Å². The van der Waals surface area contributed by atoms with E-state index in [9.17, 15) is 4.79 Å². The fourth-order valence-electron chi connectivity index (χ4n) is 4.04. The third-order valence-corrected chi connectivity index (χ3v) is 5.15. The zero-order valence-electron chi connectivity index (χ0n) is 12.9. The highest BCUT2D eigenvalue weighted by Crippen LogP contribution is 2.46. The highest BCUT2D eigenvalue weighted by atomic mass is 16.2. The first-order valence-corrected chi connectivity index (χ1v) is 7.90. The quantitative estimate of drug-likeness (QED) is 0.850. The van der Waals surface area contributed by atoms with Gasteiger partial charge in [-0.05, 0) is 43.6 Å². The van der Waals surface area contributed by atoms with Crippen LogP contribution in [-0.4, -0.2) is 30.4 Å². The molecule has 0 aromatic heterocycles. The number of amides is 1. The van der Waals surface area contributed by atoms with Crippen LogP contribution in [0.25, 0.3) is 0 Å². The molecule has 2 rings (SSSR count). The normalized spacial score (nSPS) is 30.3. The molecule has 0 radical (unpaired) electrons. The lowest BCUT2D eigenvalue weighted by Gasteiger charge is -2.34. The van der Waals surface area contributed by atoms with E-state index >= 15 is 0 Å². The van der Waals surface area contributed by atoms with E-state index in [2.05, 4.69) is 25.7 Å². The molecule has 1 saturated heterocycles. The SMILES string of the molecule is CC(C)CC1(C(=O)N2CCC(C)(CN)C2)CCCC1. The van der Waals surface area contributed by atoms with Gasteiger partial charge in [0.25, 0.3) is 0 Å². The molecule has 3 heteroatoms. The summed E-state index contributed by atoms with van der Waals surface area (Å²) in [5.41, 5.74) is 5.96. The van der Waals surface area contributed by atoms with Gasteiger partial charge in [0, 0.05) is 18.5 Å². The number of nitrogens with two attached hydrogens (primary N) is 1. The zero-order valence-corrected chi connectivity index (χ0v) is 12.9. The van der Waals surface area contributed by atoms with Crippen molar-refractivity contribution in [3.05, 3.63) is 0 Å². The van der Waals surface area contributed by atoms with Gasteiger partial charge in [0.1, 0.15) is 0 Å². The summed E-state index contributed by atoms with van der Waals surface area (Å²) in [5, 5.41) is 0. The molecule has 0 bridgehead atoms. The maximum atomic E-state index is 13.0. The molecule has 0 spiro atoms. The lowest BCUT2D eigenvalue weighted by atomic mass is 9.77. The Balaban J connectivity index is 2.09. The van der Waals surface area contributed by atoms with Crippen LogP contribution in [0.1, 0.15) is 59.3 Å². The summed E-state index contributed by atoms with van der Waals surface area (Å²) in [4.78, 5) is 15.1. The van der Waals surface area contributed by atoms with Crippen LogP contribution in [0.5, 0.6) is 0 Å². The third-order valence-electron chi connectivity index (χ3n) is 5.15. The van der Waals surface area contributed by atoms with Crippen molar-refractivity contribution in [2.75, 3.05) is 19.6 Å². The van der Waals surface area contributed by atoms with E-state index in [1.165, 1.54) is 12.8 Å². The Morgan fingerprint density at radius 1 is 1.26 bits per heavy atom. The topological polar surface area (TPSA) is 46.3 Å². The molecule has 19 heavy (non-hydrogen) atoms. The molecule has 110 valence electrons. The predicted molar refractivity (Wildman–Crippen MR) is 78.7 cm³/mol. The summed E-state index contributed by atoms with van der Waals surface area (Å²) in [6.07, 6.45) is 6.76. The van der Waals surface area contributed by atoms with Crippen molar-refractivity contribution in [3.63, 3.8) is 0 Å². The van der Waals surface area contributed by atoms with Gasteiger partial charge in [-0.25, -0.2) is 0 Å². The van der Waals surface area contributed by atoms with Gasteiger partial charge in [-0.3, -0.25) is 4.79 Å². The smallest absolute Gasteiger partial charge is 0.228 e. The van der Waals surface area contributed by atoms with Crippen LogP contribution >= 0.6 is 0 Å². The second-order valence-corrected chi connectivity index (χ2v) is 7.58. The van der Waals surface area contributed by atoms with Crippen LogP contribution in [0.2, 0.25) is 0 Å². The summed E-state index contributed by atoms with van der Waals surface area (Å²) in [6, 6.07) is 0. The first kappa shape index (κ1) is 14.8. The van der Waals surface area contributed by atoms with E-state index in [4.69, 9.17) is 5.73 Å².